The number of carbonyl (C=O) groups excluding carboxylic acids is 2. The molecule has 2 N–H and O–H groups in total. The summed E-state index contributed by atoms with van der Waals surface area (Å²) in [7, 11) is 3.99. The van der Waals surface area contributed by atoms with Gasteiger partial charge in [-0.3, -0.25) is 14.4 Å². The maximum atomic E-state index is 12.3. The van der Waals surface area contributed by atoms with Crippen LogP contribution in [0.1, 0.15) is 19.8 Å². The molecule has 2 amide bonds. The molecule has 2 fully saturated rings. The van der Waals surface area contributed by atoms with Crippen LogP contribution in [0.2, 0.25) is 0 Å². The van der Waals surface area contributed by atoms with Crippen LogP contribution in [-0.4, -0.2) is 83.5 Å². The number of piperazine rings is 1. The lowest BCUT2D eigenvalue weighted by Gasteiger charge is -2.34. The summed E-state index contributed by atoms with van der Waals surface area (Å²) in [6.45, 7) is 1.76. The molecular weight excluding hydrogens is 306 g/mol. The van der Waals surface area contributed by atoms with Crippen LogP contribution >= 0.6 is 11.8 Å². The molecule has 0 aromatic carbocycles. The van der Waals surface area contributed by atoms with Crippen LogP contribution in [0, 0.1) is 0 Å². The highest BCUT2D eigenvalue weighted by Gasteiger charge is 2.46. The number of amides is 2. The van der Waals surface area contributed by atoms with E-state index in [0.717, 1.165) is 25.5 Å². The topological polar surface area (TPSA) is 89.9 Å². The number of nitrogens with one attached hydrogen (secondary N) is 1. The molecule has 2 aliphatic heterocycles. The Labute approximate surface area is 135 Å². The number of thioether (sulfide) groups is 1. The molecule has 2 heterocycles. The summed E-state index contributed by atoms with van der Waals surface area (Å²) in [6, 6.07) is -0.276. The van der Waals surface area contributed by atoms with Crippen molar-refractivity contribution in [1.29, 1.82) is 0 Å². The van der Waals surface area contributed by atoms with Crippen LogP contribution in [0.5, 0.6) is 0 Å². The third-order valence-corrected chi connectivity index (χ3v) is 4.46. The van der Waals surface area contributed by atoms with Gasteiger partial charge in [0.2, 0.25) is 11.8 Å². The highest BCUT2D eigenvalue weighted by atomic mass is 32.2. The molecule has 0 aromatic rings. The minimum absolute atomic E-state index is 0.0186. The van der Waals surface area contributed by atoms with Crippen LogP contribution < -0.4 is 5.32 Å². The fourth-order valence-corrected chi connectivity index (χ4v) is 3.11. The van der Waals surface area contributed by atoms with E-state index < -0.39 is 5.97 Å². The zero-order valence-corrected chi connectivity index (χ0v) is 14.4. The summed E-state index contributed by atoms with van der Waals surface area (Å²) in [4.78, 5) is 37.2. The predicted octanol–water partition coefficient (Wildman–Crippen LogP) is -0.140. The van der Waals surface area contributed by atoms with E-state index in [4.69, 9.17) is 9.90 Å². The van der Waals surface area contributed by atoms with Crippen LogP contribution in [0.3, 0.4) is 0 Å². The Kier molecular flexibility index (Phi) is 7.15. The number of nitrogens with zero attached hydrogens (tertiary/aromatic N) is 2. The van der Waals surface area contributed by atoms with Crippen molar-refractivity contribution < 1.29 is 19.5 Å². The second-order valence-electron chi connectivity index (χ2n) is 5.72. The standard InChI is InChI=1S/C12H21N3O2S.C2H4O2/c1-14(2)8-6-10-11(16)13-9(4-5-18-3)12(17)15(10)7-8;1-2(3)4/h8-10H,4-7H2,1-3H3,(H,13,16);1H3,(H,3,4)/t8-,9-,10+;/m1./s1. The van der Waals surface area contributed by atoms with E-state index in [1.54, 1.807) is 16.7 Å². The summed E-state index contributed by atoms with van der Waals surface area (Å²) >= 11 is 1.70. The molecule has 22 heavy (non-hydrogen) atoms. The lowest BCUT2D eigenvalue weighted by molar-refractivity contribution is -0.147. The SMILES string of the molecule is CC(=O)O.CSCC[C@H]1NC(=O)[C@@H]2C[C@@H](N(C)C)CN2C1=O. The van der Waals surface area contributed by atoms with Gasteiger partial charge in [-0.2, -0.15) is 11.8 Å². The minimum atomic E-state index is -0.833. The van der Waals surface area contributed by atoms with Crippen LogP contribution in [0.25, 0.3) is 0 Å². The molecule has 8 heteroatoms. The number of carboxylic acid groups (broad SMARTS) is 1. The average Bonchev–Trinajstić information content (AvgIpc) is 2.86. The lowest BCUT2D eigenvalue weighted by Crippen LogP contribution is -2.61. The van der Waals surface area contributed by atoms with Crippen LogP contribution in [-0.2, 0) is 14.4 Å². The molecule has 0 spiro atoms. The quantitative estimate of drug-likeness (QED) is 0.745. The number of aliphatic carboxylic acids is 1. The van der Waals surface area contributed by atoms with Gasteiger partial charge in [0, 0.05) is 19.5 Å². The molecule has 0 bridgehead atoms. The summed E-state index contributed by atoms with van der Waals surface area (Å²) in [6.07, 6.45) is 3.48. The zero-order chi connectivity index (χ0) is 16.9. The molecule has 2 rings (SSSR count). The molecule has 7 nitrogen and oxygen atoms in total. The normalized spacial score (nSPS) is 27.1. The van der Waals surface area contributed by atoms with Crippen molar-refractivity contribution in [3.05, 3.63) is 0 Å². The van der Waals surface area contributed by atoms with Crippen LogP contribution in [0.15, 0.2) is 0 Å². The summed E-state index contributed by atoms with van der Waals surface area (Å²) in [5.74, 6) is 0.176. The molecule has 0 aliphatic carbocycles. The molecule has 0 radical (unpaired) electrons. The first kappa shape index (κ1) is 18.8. The van der Waals surface area contributed by atoms with Gasteiger partial charge < -0.3 is 20.2 Å². The van der Waals surface area contributed by atoms with Gasteiger partial charge in [-0.05, 0) is 38.9 Å². The van der Waals surface area contributed by atoms with Gasteiger partial charge in [0.05, 0.1) is 0 Å². The predicted molar refractivity (Wildman–Crippen MR) is 85.8 cm³/mol. The number of carboxylic acids is 1. The van der Waals surface area contributed by atoms with Crippen molar-refractivity contribution >= 4 is 29.5 Å². The second kappa shape index (κ2) is 8.38. The van der Waals surface area contributed by atoms with E-state index >= 15 is 0 Å². The molecule has 2 aliphatic rings. The summed E-state index contributed by atoms with van der Waals surface area (Å²) in [5.41, 5.74) is 0. The molecular formula is C14H25N3O4S. The second-order valence-corrected chi connectivity index (χ2v) is 6.71. The molecule has 0 unspecified atom stereocenters. The highest BCUT2D eigenvalue weighted by Crippen LogP contribution is 2.25. The molecule has 2 saturated heterocycles. The van der Waals surface area contributed by atoms with Gasteiger partial charge in [-0.25, -0.2) is 0 Å². The maximum absolute atomic E-state index is 12.3. The Morgan fingerprint density at radius 1 is 1.45 bits per heavy atom. The summed E-state index contributed by atoms with van der Waals surface area (Å²) in [5, 5.41) is 10.3. The third kappa shape index (κ3) is 4.88. The van der Waals surface area contributed by atoms with E-state index in [0.29, 0.717) is 12.6 Å². The number of hydrogen-bond acceptors (Lipinski definition) is 5. The minimum Gasteiger partial charge on any atom is -0.481 e. The highest BCUT2D eigenvalue weighted by molar-refractivity contribution is 7.98. The zero-order valence-electron chi connectivity index (χ0n) is 13.5. The number of fused-ring (bicyclic) bond motifs is 1. The van der Waals surface area contributed by atoms with Crippen molar-refractivity contribution in [2.45, 2.75) is 37.9 Å². The Bertz CT molecular complexity index is 426. The smallest absolute Gasteiger partial charge is 0.300 e. The number of carbonyl (C=O) groups is 3. The first-order chi connectivity index (χ1) is 10.3. The maximum Gasteiger partial charge on any atom is 0.300 e. The fourth-order valence-electron chi connectivity index (χ4n) is 2.64. The molecule has 0 saturated carbocycles. The average molecular weight is 331 g/mol. The van der Waals surface area contributed by atoms with E-state index in [1.165, 1.54) is 0 Å². The van der Waals surface area contributed by atoms with Crippen molar-refractivity contribution in [3.8, 4) is 0 Å². The van der Waals surface area contributed by atoms with Crippen LogP contribution in [0.4, 0.5) is 0 Å². The third-order valence-electron chi connectivity index (χ3n) is 3.82. The van der Waals surface area contributed by atoms with Gasteiger partial charge in [-0.1, -0.05) is 0 Å². The monoisotopic (exact) mass is 331 g/mol. The van der Waals surface area contributed by atoms with E-state index in [9.17, 15) is 9.59 Å². The Morgan fingerprint density at radius 3 is 2.55 bits per heavy atom. The number of rotatable bonds is 4. The van der Waals surface area contributed by atoms with Gasteiger partial charge in [-0.15, -0.1) is 0 Å². The van der Waals surface area contributed by atoms with E-state index in [1.807, 2.05) is 20.4 Å². The Morgan fingerprint density at radius 2 is 2.05 bits per heavy atom. The fraction of sp³-hybridized carbons (Fsp3) is 0.786. The molecule has 126 valence electrons. The van der Waals surface area contributed by atoms with Crippen molar-refractivity contribution in [3.63, 3.8) is 0 Å². The van der Waals surface area contributed by atoms with Crippen molar-refractivity contribution in [2.75, 3.05) is 32.6 Å². The van der Waals surface area contributed by atoms with Crippen molar-refractivity contribution in [1.82, 2.24) is 15.1 Å². The lowest BCUT2D eigenvalue weighted by atomic mass is 10.1. The first-order valence-electron chi connectivity index (χ1n) is 7.23. The number of hydrogen-bond donors (Lipinski definition) is 2. The van der Waals surface area contributed by atoms with Crippen molar-refractivity contribution in [2.24, 2.45) is 0 Å². The summed E-state index contributed by atoms with van der Waals surface area (Å²) < 4.78 is 0. The molecule has 3 atom stereocenters. The molecule has 0 aromatic heterocycles. The van der Waals surface area contributed by atoms with E-state index in [-0.39, 0.29) is 23.9 Å². The van der Waals surface area contributed by atoms with Gasteiger partial charge in [0.15, 0.2) is 0 Å². The van der Waals surface area contributed by atoms with Gasteiger partial charge >= 0.3 is 0 Å². The van der Waals surface area contributed by atoms with E-state index in [2.05, 4.69) is 10.2 Å². The number of likely N-dealkylation sites (N-methyl/N-ethyl adjacent to an activating group) is 1. The van der Waals surface area contributed by atoms with Gasteiger partial charge in [0.1, 0.15) is 12.1 Å². The first-order valence-corrected chi connectivity index (χ1v) is 8.63. The van der Waals surface area contributed by atoms with Gasteiger partial charge in [0.25, 0.3) is 5.97 Å². The Balaban J connectivity index is 0.000000541. The Hall–Kier alpha value is -1.28. The largest absolute Gasteiger partial charge is 0.481 e.